The molecule has 2 aromatic rings. The zero-order valence-corrected chi connectivity index (χ0v) is 13.3. The number of hydrogen-bond acceptors (Lipinski definition) is 5. The molecule has 0 N–H and O–H groups in total. The summed E-state index contributed by atoms with van der Waals surface area (Å²) in [6.45, 7) is 4.68. The maximum atomic E-state index is 12.4. The van der Waals surface area contributed by atoms with Crippen molar-refractivity contribution in [2.75, 3.05) is 7.05 Å². The smallest absolute Gasteiger partial charge is 0.267 e. The van der Waals surface area contributed by atoms with E-state index in [1.807, 2.05) is 19.1 Å². The van der Waals surface area contributed by atoms with Gasteiger partial charge in [0.05, 0.1) is 12.2 Å². The summed E-state index contributed by atoms with van der Waals surface area (Å²) < 4.78 is 9.72. The summed E-state index contributed by atoms with van der Waals surface area (Å²) >= 11 is 1.16. The highest BCUT2D eigenvalue weighted by Gasteiger charge is 2.36. The van der Waals surface area contributed by atoms with E-state index in [9.17, 15) is 4.79 Å². The number of furan rings is 1. The topological polar surface area (TPSA) is 59.2 Å². The zero-order valence-electron chi connectivity index (χ0n) is 12.5. The summed E-state index contributed by atoms with van der Waals surface area (Å²) in [7, 11) is 1.78. The lowest BCUT2D eigenvalue weighted by Gasteiger charge is -2.14. The molecule has 2 aromatic heterocycles. The molecule has 1 aliphatic rings. The lowest BCUT2D eigenvalue weighted by Crippen LogP contribution is -2.26. The number of nitrogens with zero attached hydrogens (tertiary/aromatic N) is 3. The average molecular weight is 305 g/mol. The van der Waals surface area contributed by atoms with Crippen LogP contribution in [0, 0.1) is 5.92 Å². The van der Waals surface area contributed by atoms with Crippen LogP contribution in [0.25, 0.3) is 0 Å². The quantitative estimate of drug-likeness (QED) is 0.851. The second kappa shape index (κ2) is 5.60. The molecule has 2 atom stereocenters. The SMILES string of the molecule is CCc1nnsc1C(=O)N(C)Cc1ccc(C2CC2C)o1. The fraction of sp³-hybridized carbons (Fsp3) is 0.533. The molecule has 2 unspecified atom stereocenters. The van der Waals surface area contributed by atoms with Crippen LogP contribution in [-0.4, -0.2) is 27.4 Å². The van der Waals surface area contributed by atoms with Gasteiger partial charge in [-0.25, -0.2) is 0 Å². The summed E-state index contributed by atoms with van der Waals surface area (Å²) in [6.07, 6.45) is 1.92. The van der Waals surface area contributed by atoms with Gasteiger partial charge in [0, 0.05) is 13.0 Å². The van der Waals surface area contributed by atoms with Crippen molar-refractivity contribution >= 4 is 17.4 Å². The Labute approximate surface area is 128 Å². The molecular formula is C15H19N3O2S. The number of carbonyl (C=O) groups excluding carboxylic acids is 1. The zero-order chi connectivity index (χ0) is 15.0. The van der Waals surface area contributed by atoms with Crippen molar-refractivity contribution in [2.24, 2.45) is 5.92 Å². The van der Waals surface area contributed by atoms with Crippen LogP contribution in [0.2, 0.25) is 0 Å². The van der Waals surface area contributed by atoms with E-state index in [1.54, 1.807) is 11.9 Å². The molecule has 1 saturated carbocycles. The van der Waals surface area contributed by atoms with Crippen LogP contribution in [-0.2, 0) is 13.0 Å². The van der Waals surface area contributed by atoms with Gasteiger partial charge in [0.25, 0.3) is 5.91 Å². The predicted molar refractivity (Wildman–Crippen MR) is 80.3 cm³/mol. The molecule has 112 valence electrons. The Morgan fingerprint density at radius 3 is 2.95 bits per heavy atom. The van der Waals surface area contributed by atoms with Crippen LogP contribution in [0.15, 0.2) is 16.5 Å². The standard InChI is InChI=1S/C15H19N3O2S/c1-4-12-14(21-17-16-12)15(19)18(3)8-10-5-6-13(20-10)11-7-9(11)2/h5-6,9,11H,4,7-8H2,1-3H3. The molecule has 1 aliphatic carbocycles. The Morgan fingerprint density at radius 2 is 2.29 bits per heavy atom. The molecule has 5 nitrogen and oxygen atoms in total. The van der Waals surface area contributed by atoms with E-state index in [1.165, 1.54) is 6.42 Å². The van der Waals surface area contributed by atoms with Crippen molar-refractivity contribution in [3.8, 4) is 0 Å². The van der Waals surface area contributed by atoms with Gasteiger partial charge in [0.15, 0.2) is 0 Å². The monoisotopic (exact) mass is 305 g/mol. The number of carbonyl (C=O) groups is 1. The molecule has 3 rings (SSSR count). The fourth-order valence-corrected chi connectivity index (χ4v) is 3.22. The summed E-state index contributed by atoms with van der Waals surface area (Å²) in [5.74, 6) is 3.12. The van der Waals surface area contributed by atoms with Crippen molar-refractivity contribution in [1.29, 1.82) is 0 Å². The molecule has 1 amide bonds. The first kappa shape index (κ1) is 14.3. The molecule has 2 heterocycles. The molecule has 0 saturated heterocycles. The third-order valence-electron chi connectivity index (χ3n) is 3.98. The minimum absolute atomic E-state index is 0.0420. The number of amides is 1. The first-order valence-electron chi connectivity index (χ1n) is 7.25. The first-order valence-corrected chi connectivity index (χ1v) is 8.02. The summed E-state index contributed by atoms with van der Waals surface area (Å²) in [5, 5.41) is 3.99. The van der Waals surface area contributed by atoms with Gasteiger partial charge in [-0.2, -0.15) is 0 Å². The maximum Gasteiger partial charge on any atom is 0.267 e. The van der Waals surface area contributed by atoms with Gasteiger partial charge < -0.3 is 9.32 Å². The van der Waals surface area contributed by atoms with Crippen LogP contribution >= 0.6 is 11.5 Å². The van der Waals surface area contributed by atoms with Crippen molar-refractivity contribution in [3.05, 3.63) is 34.2 Å². The Bertz CT molecular complexity index is 649. The second-order valence-corrected chi connectivity index (χ2v) is 6.44. The summed E-state index contributed by atoms with van der Waals surface area (Å²) in [6, 6.07) is 4.00. The van der Waals surface area contributed by atoms with Crippen molar-refractivity contribution < 1.29 is 9.21 Å². The second-order valence-electron chi connectivity index (χ2n) is 5.69. The average Bonchev–Trinajstić information content (AvgIpc) is 2.92. The Hall–Kier alpha value is -1.69. The van der Waals surface area contributed by atoms with Gasteiger partial charge in [-0.3, -0.25) is 4.79 Å². The Kier molecular flexibility index (Phi) is 3.80. The molecule has 0 bridgehead atoms. The third-order valence-corrected chi connectivity index (χ3v) is 4.74. The van der Waals surface area contributed by atoms with Crippen LogP contribution in [0.1, 0.15) is 53.1 Å². The van der Waals surface area contributed by atoms with Gasteiger partial charge in [0.1, 0.15) is 16.4 Å². The van der Waals surface area contributed by atoms with Gasteiger partial charge >= 0.3 is 0 Å². The van der Waals surface area contributed by atoms with Crippen molar-refractivity contribution in [2.45, 2.75) is 39.2 Å². The number of rotatable bonds is 5. The van der Waals surface area contributed by atoms with Crippen LogP contribution in [0.3, 0.4) is 0 Å². The van der Waals surface area contributed by atoms with E-state index in [0.717, 1.165) is 41.1 Å². The van der Waals surface area contributed by atoms with Crippen molar-refractivity contribution in [1.82, 2.24) is 14.5 Å². The molecule has 0 radical (unpaired) electrons. The summed E-state index contributed by atoms with van der Waals surface area (Å²) in [4.78, 5) is 14.7. The lowest BCUT2D eigenvalue weighted by molar-refractivity contribution is 0.0778. The number of hydrogen-bond donors (Lipinski definition) is 0. The van der Waals surface area contributed by atoms with E-state index in [0.29, 0.717) is 17.3 Å². The lowest BCUT2D eigenvalue weighted by atomic mass is 10.2. The minimum atomic E-state index is -0.0420. The highest BCUT2D eigenvalue weighted by Crippen LogP contribution is 2.47. The highest BCUT2D eigenvalue weighted by atomic mass is 32.1. The maximum absolute atomic E-state index is 12.4. The molecule has 0 aliphatic heterocycles. The molecule has 0 aromatic carbocycles. The van der Waals surface area contributed by atoms with Gasteiger partial charge in [-0.1, -0.05) is 18.3 Å². The minimum Gasteiger partial charge on any atom is -0.464 e. The van der Waals surface area contributed by atoms with Gasteiger partial charge in [-0.15, -0.1) is 5.10 Å². The van der Waals surface area contributed by atoms with Gasteiger partial charge in [-0.05, 0) is 42.4 Å². The third kappa shape index (κ3) is 2.85. The van der Waals surface area contributed by atoms with Crippen LogP contribution in [0.4, 0.5) is 0 Å². The Morgan fingerprint density at radius 1 is 1.52 bits per heavy atom. The van der Waals surface area contributed by atoms with E-state index in [4.69, 9.17) is 4.42 Å². The fourth-order valence-electron chi connectivity index (χ4n) is 2.48. The van der Waals surface area contributed by atoms with E-state index in [2.05, 4.69) is 16.5 Å². The van der Waals surface area contributed by atoms with Crippen LogP contribution in [0.5, 0.6) is 0 Å². The van der Waals surface area contributed by atoms with E-state index >= 15 is 0 Å². The first-order chi connectivity index (χ1) is 10.1. The molecule has 21 heavy (non-hydrogen) atoms. The molecule has 6 heteroatoms. The predicted octanol–water partition coefficient (Wildman–Crippen LogP) is 3.09. The van der Waals surface area contributed by atoms with Gasteiger partial charge in [0.2, 0.25) is 0 Å². The normalized spacial score (nSPS) is 20.5. The Balaban J connectivity index is 1.67. The summed E-state index contributed by atoms with van der Waals surface area (Å²) in [5.41, 5.74) is 0.767. The van der Waals surface area contributed by atoms with Crippen LogP contribution < -0.4 is 0 Å². The van der Waals surface area contributed by atoms with E-state index < -0.39 is 0 Å². The highest BCUT2D eigenvalue weighted by molar-refractivity contribution is 7.07. The largest absolute Gasteiger partial charge is 0.464 e. The number of aromatic nitrogens is 2. The molecular weight excluding hydrogens is 286 g/mol. The molecule has 0 spiro atoms. The van der Waals surface area contributed by atoms with E-state index in [-0.39, 0.29) is 5.91 Å². The number of aryl methyl sites for hydroxylation is 1. The molecule has 1 fully saturated rings. The van der Waals surface area contributed by atoms with Crippen molar-refractivity contribution in [3.63, 3.8) is 0 Å².